The van der Waals surface area contributed by atoms with Gasteiger partial charge in [-0.15, -0.1) is 0 Å². The summed E-state index contributed by atoms with van der Waals surface area (Å²) in [6, 6.07) is 6.40. The molecule has 0 aliphatic rings. The average Bonchev–Trinajstić information content (AvgIpc) is 2.86. The van der Waals surface area contributed by atoms with Crippen LogP contribution in [-0.4, -0.2) is 23.5 Å². The van der Waals surface area contributed by atoms with Crippen LogP contribution in [0.1, 0.15) is 11.5 Å². The Kier molecular flexibility index (Phi) is 3.50. The van der Waals surface area contributed by atoms with Gasteiger partial charge in [0.15, 0.2) is 0 Å². The highest BCUT2D eigenvalue weighted by Gasteiger charge is 2.38. The molecule has 0 spiro atoms. The van der Waals surface area contributed by atoms with Gasteiger partial charge in [0.25, 0.3) is 0 Å². The molecule has 0 radical (unpaired) electrons. The van der Waals surface area contributed by atoms with Gasteiger partial charge >= 0.3 is 12.1 Å². The van der Waals surface area contributed by atoms with E-state index >= 15 is 0 Å². The summed E-state index contributed by atoms with van der Waals surface area (Å²) in [7, 11) is 1.41. The fourth-order valence-corrected chi connectivity index (χ4v) is 1.29. The molecular formula is C11H8F3N3O2. The zero-order chi connectivity index (χ0) is 13.9. The second kappa shape index (κ2) is 5.09. The number of halogens is 3. The number of oxime groups is 1. The molecule has 0 saturated heterocycles. The topological polar surface area (TPSA) is 60.5 Å². The normalized spacial score (nSPS) is 12.0. The largest absolute Gasteiger partial charge is 0.471 e. The molecule has 2 aromatic rings. The first-order valence-electron chi connectivity index (χ1n) is 5.08. The number of rotatable bonds is 3. The van der Waals surface area contributed by atoms with Gasteiger partial charge in [-0.1, -0.05) is 34.6 Å². The maximum Gasteiger partial charge on any atom is 0.471 e. The minimum Gasteiger partial charge on any atom is -0.399 e. The van der Waals surface area contributed by atoms with Crippen LogP contribution < -0.4 is 0 Å². The maximum atomic E-state index is 12.3. The predicted molar refractivity (Wildman–Crippen MR) is 59.3 cm³/mol. The predicted octanol–water partition coefficient (Wildman–Crippen LogP) is 2.74. The minimum absolute atomic E-state index is 0.123. The first kappa shape index (κ1) is 13.1. The number of aromatic nitrogens is 2. The molecule has 0 N–H and O–H groups in total. The van der Waals surface area contributed by atoms with Gasteiger partial charge < -0.3 is 9.36 Å². The van der Waals surface area contributed by atoms with Crippen molar-refractivity contribution >= 4 is 6.21 Å². The molecule has 0 saturated carbocycles. The lowest BCUT2D eigenvalue weighted by Gasteiger charge is -1.97. The van der Waals surface area contributed by atoms with Crippen molar-refractivity contribution in [3.63, 3.8) is 0 Å². The van der Waals surface area contributed by atoms with Crippen LogP contribution in [0.3, 0.4) is 0 Å². The second-order valence-electron chi connectivity index (χ2n) is 3.46. The summed E-state index contributed by atoms with van der Waals surface area (Å²) in [5, 5.41) is 6.84. The molecule has 8 heteroatoms. The molecule has 0 amide bonds. The molecule has 1 aromatic carbocycles. The lowest BCUT2D eigenvalue weighted by atomic mass is 10.1. The number of benzene rings is 1. The highest BCUT2D eigenvalue weighted by Crippen LogP contribution is 2.29. The number of hydrogen-bond acceptors (Lipinski definition) is 5. The van der Waals surface area contributed by atoms with Crippen molar-refractivity contribution < 1.29 is 22.5 Å². The SMILES string of the molecule is CON=Cc1ccc(-c2noc(C(F)(F)F)n2)cc1. The standard InChI is InChI=1S/C11H8F3N3O2/c1-18-15-6-7-2-4-8(5-3-7)9-16-10(19-17-9)11(12,13)14/h2-6H,1H3. The average molecular weight is 271 g/mol. The number of alkyl halides is 3. The fourth-order valence-electron chi connectivity index (χ4n) is 1.29. The van der Waals surface area contributed by atoms with Crippen molar-refractivity contribution in [1.82, 2.24) is 10.1 Å². The molecule has 19 heavy (non-hydrogen) atoms. The highest BCUT2D eigenvalue weighted by molar-refractivity contribution is 5.80. The molecule has 1 aromatic heterocycles. The summed E-state index contributed by atoms with van der Waals surface area (Å²) in [5.74, 6) is -1.49. The Hall–Kier alpha value is -2.38. The van der Waals surface area contributed by atoms with E-state index in [1.807, 2.05) is 0 Å². The lowest BCUT2D eigenvalue weighted by molar-refractivity contribution is -0.159. The van der Waals surface area contributed by atoms with Crippen LogP contribution in [0, 0.1) is 0 Å². The van der Waals surface area contributed by atoms with Crippen LogP contribution in [-0.2, 0) is 11.0 Å². The summed E-state index contributed by atoms with van der Waals surface area (Å²) >= 11 is 0. The Morgan fingerprint density at radius 3 is 2.47 bits per heavy atom. The molecule has 5 nitrogen and oxygen atoms in total. The molecule has 1 heterocycles. The third-order valence-corrected chi connectivity index (χ3v) is 2.14. The van der Waals surface area contributed by atoms with E-state index in [0.29, 0.717) is 5.56 Å². The third-order valence-electron chi connectivity index (χ3n) is 2.14. The van der Waals surface area contributed by atoms with Gasteiger partial charge in [0.2, 0.25) is 5.82 Å². The van der Waals surface area contributed by atoms with Crippen molar-refractivity contribution in [2.24, 2.45) is 5.16 Å². The van der Waals surface area contributed by atoms with Crippen LogP contribution in [0.25, 0.3) is 11.4 Å². The van der Waals surface area contributed by atoms with Crippen LogP contribution in [0.2, 0.25) is 0 Å². The molecule has 0 aliphatic carbocycles. The summed E-state index contributed by atoms with van der Waals surface area (Å²) in [6.45, 7) is 0. The van der Waals surface area contributed by atoms with Crippen LogP contribution >= 0.6 is 0 Å². The molecule has 100 valence electrons. The number of nitrogens with zero attached hydrogens (tertiary/aromatic N) is 3. The monoisotopic (exact) mass is 271 g/mol. The summed E-state index contributed by atoms with van der Waals surface area (Å²) in [4.78, 5) is 7.79. The van der Waals surface area contributed by atoms with Crippen LogP contribution in [0.5, 0.6) is 0 Å². The minimum atomic E-state index is -4.64. The van der Waals surface area contributed by atoms with Crippen molar-refractivity contribution in [2.75, 3.05) is 7.11 Å². The van der Waals surface area contributed by atoms with Crippen molar-refractivity contribution in [1.29, 1.82) is 0 Å². The summed E-state index contributed by atoms with van der Waals surface area (Å²) < 4.78 is 41.0. The van der Waals surface area contributed by atoms with Gasteiger partial charge in [-0.2, -0.15) is 18.2 Å². The zero-order valence-corrected chi connectivity index (χ0v) is 9.68. The van der Waals surface area contributed by atoms with E-state index in [-0.39, 0.29) is 5.82 Å². The van der Waals surface area contributed by atoms with Gasteiger partial charge in [0.1, 0.15) is 7.11 Å². The first-order valence-corrected chi connectivity index (χ1v) is 5.08. The molecule has 0 aliphatic heterocycles. The van der Waals surface area contributed by atoms with Crippen molar-refractivity contribution in [2.45, 2.75) is 6.18 Å². The van der Waals surface area contributed by atoms with Gasteiger partial charge in [0.05, 0.1) is 6.21 Å². The number of hydrogen-bond donors (Lipinski definition) is 0. The smallest absolute Gasteiger partial charge is 0.399 e. The van der Waals surface area contributed by atoms with E-state index in [9.17, 15) is 13.2 Å². The van der Waals surface area contributed by atoms with Crippen LogP contribution in [0.15, 0.2) is 33.9 Å². The third kappa shape index (κ3) is 3.09. The van der Waals surface area contributed by atoms with E-state index in [2.05, 4.69) is 24.7 Å². The van der Waals surface area contributed by atoms with Gasteiger partial charge in [-0.3, -0.25) is 0 Å². The van der Waals surface area contributed by atoms with E-state index in [0.717, 1.165) is 5.56 Å². The Balaban J connectivity index is 2.23. The Labute approximate surface area is 105 Å². The Bertz CT molecular complexity index is 576. The molecule has 2 rings (SSSR count). The fraction of sp³-hybridized carbons (Fsp3) is 0.182. The van der Waals surface area contributed by atoms with Gasteiger partial charge in [0, 0.05) is 5.56 Å². The van der Waals surface area contributed by atoms with Crippen LogP contribution in [0.4, 0.5) is 13.2 Å². The lowest BCUT2D eigenvalue weighted by Crippen LogP contribution is -2.04. The summed E-state index contributed by atoms with van der Waals surface area (Å²) in [6.07, 6.45) is -3.18. The molecule has 0 atom stereocenters. The highest BCUT2D eigenvalue weighted by atomic mass is 19.4. The van der Waals surface area contributed by atoms with E-state index in [1.54, 1.807) is 24.3 Å². The van der Waals surface area contributed by atoms with E-state index < -0.39 is 12.1 Å². The second-order valence-corrected chi connectivity index (χ2v) is 3.46. The molecule has 0 unspecified atom stereocenters. The molecular weight excluding hydrogens is 263 g/mol. The van der Waals surface area contributed by atoms with Gasteiger partial charge in [-0.05, 0) is 5.56 Å². The molecule has 0 bridgehead atoms. The Morgan fingerprint density at radius 2 is 1.95 bits per heavy atom. The summed E-state index contributed by atoms with van der Waals surface area (Å²) in [5.41, 5.74) is 1.14. The zero-order valence-electron chi connectivity index (χ0n) is 9.68. The van der Waals surface area contributed by atoms with E-state index in [1.165, 1.54) is 13.3 Å². The van der Waals surface area contributed by atoms with E-state index in [4.69, 9.17) is 0 Å². The molecule has 0 fully saturated rings. The first-order chi connectivity index (χ1) is 9.00. The van der Waals surface area contributed by atoms with Crippen molar-refractivity contribution in [3.05, 3.63) is 35.7 Å². The Morgan fingerprint density at radius 1 is 1.26 bits per heavy atom. The van der Waals surface area contributed by atoms with Crippen molar-refractivity contribution in [3.8, 4) is 11.4 Å². The quantitative estimate of drug-likeness (QED) is 0.636. The van der Waals surface area contributed by atoms with Gasteiger partial charge in [-0.25, -0.2) is 0 Å². The maximum absolute atomic E-state index is 12.3.